The number of aromatic nitrogens is 1. The van der Waals surface area contributed by atoms with Crippen molar-refractivity contribution in [1.82, 2.24) is 4.98 Å². The molecule has 0 atom stereocenters. The molecule has 6 nitrogen and oxygen atoms in total. The van der Waals surface area contributed by atoms with Crippen LogP contribution in [0, 0.1) is 6.92 Å². The van der Waals surface area contributed by atoms with Gasteiger partial charge < -0.3 is 9.64 Å². The van der Waals surface area contributed by atoms with Crippen LogP contribution < -0.4 is 15.0 Å². The molecule has 0 radical (unpaired) electrons. The van der Waals surface area contributed by atoms with Gasteiger partial charge in [0.25, 0.3) is 11.8 Å². The van der Waals surface area contributed by atoms with Crippen LogP contribution in [0.3, 0.4) is 0 Å². The maximum Gasteiger partial charge on any atom is 0.267 e. The summed E-state index contributed by atoms with van der Waals surface area (Å²) in [6, 6.07) is 9.26. The normalized spacial score (nSPS) is 13.3. The Balaban J connectivity index is 1.64. The van der Waals surface area contributed by atoms with Crippen LogP contribution in [-0.2, 0) is 4.79 Å². The molecule has 0 saturated carbocycles. The Morgan fingerprint density at radius 2 is 2.19 bits per heavy atom. The first-order valence-electron chi connectivity index (χ1n) is 7.89. The van der Waals surface area contributed by atoms with Gasteiger partial charge in [-0.2, -0.15) is 0 Å². The molecule has 0 fully saturated rings. The van der Waals surface area contributed by atoms with Crippen LogP contribution in [0.25, 0.3) is 11.3 Å². The molecular formula is C18H15N3O3S2. The summed E-state index contributed by atoms with van der Waals surface area (Å²) in [5, 5.41) is 5.25. The summed E-state index contributed by atoms with van der Waals surface area (Å²) in [5.74, 6) is 0.424. The van der Waals surface area contributed by atoms with Crippen molar-refractivity contribution in [3.05, 3.63) is 45.5 Å². The summed E-state index contributed by atoms with van der Waals surface area (Å²) in [6.07, 6.45) is 0. The number of carbonyl (C=O) groups is 2. The van der Waals surface area contributed by atoms with Crippen molar-refractivity contribution in [2.75, 3.05) is 23.9 Å². The van der Waals surface area contributed by atoms with E-state index in [0.29, 0.717) is 15.8 Å². The molecule has 3 aromatic rings. The van der Waals surface area contributed by atoms with Gasteiger partial charge in [0.15, 0.2) is 11.7 Å². The highest BCUT2D eigenvalue weighted by atomic mass is 32.1. The molecule has 1 aliphatic rings. The summed E-state index contributed by atoms with van der Waals surface area (Å²) in [6.45, 7) is 2.01. The van der Waals surface area contributed by atoms with Gasteiger partial charge in [-0.1, -0.05) is 6.07 Å². The lowest BCUT2D eigenvalue weighted by Gasteiger charge is -2.26. The molecule has 0 aliphatic carbocycles. The van der Waals surface area contributed by atoms with Crippen LogP contribution in [0.2, 0.25) is 0 Å². The van der Waals surface area contributed by atoms with Crippen molar-refractivity contribution in [3.63, 3.8) is 0 Å². The van der Waals surface area contributed by atoms with E-state index in [1.54, 1.807) is 18.0 Å². The number of nitrogens with zero attached hydrogens (tertiary/aromatic N) is 2. The lowest BCUT2D eigenvalue weighted by atomic mass is 10.1. The molecule has 0 spiro atoms. The van der Waals surface area contributed by atoms with Gasteiger partial charge in [-0.3, -0.25) is 14.9 Å². The molecule has 0 saturated heterocycles. The zero-order valence-corrected chi connectivity index (χ0v) is 15.7. The number of thiazole rings is 1. The van der Waals surface area contributed by atoms with Gasteiger partial charge in [-0.15, -0.1) is 22.7 Å². The average Bonchev–Trinajstić information content (AvgIpc) is 3.28. The minimum absolute atomic E-state index is 0.0531. The van der Waals surface area contributed by atoms with Gasteiger partial charge in [0.05, 0.1) is 16.3 Å². The highest BCUT2D eigenvalue weighted by molar-refractivity contribution is 7.16. The number of fused-ring (bicyclic) bond motifs is 1. The number of carbonyl (C=O) groups excluding carboxylic acids is 2. The van der Waals surface area contributed by atoms with Gasteiger partial charge in [-0.25, -0.2) is 4.98 Å². The second-order valence-corrected chi connectivity index (χ2v) is 7.93. The number of aryl methyl sites for hydroxylation is 1. The number of hydrogen-bond acceptors (Lipinski definition) is 6. The first-order valence-corrected chi connectivity index (χ1v) is 9.58. The minimum atomic E-state index is -0.163. The largest absolute Gasteiger partial charge is 0.482 e. The third-order valence-corrected chi connectivity index (χ3v) is 5.84. The van der Waals surface area contributed by atoms with Crippen molar-refractivity contribution >= 4 is 45.3 Å². The van der Waals surface area contributed by atoms with E-state index in [1.807, 2.05) is 36.6 Å². The topological polar surface area (TPSA) is 71.5 Å². The van der Waals surface area contributed by atoms with Crippen molar-refractivity contribution in [2.24, 2.45) is 0 Å². The highest BCUT2D eigenvalue weighted by Crippen LogP contribution is 2.37. The van der Waals surface area contributed by atoms with Crippen molar-refractivity contribution < 1.29 is 14.3 Å². The zero-order chi connectivity index (χ0) is 18.3. The van der Waals surface area contributed by atoms with E-state index in [0.717, 1.165) is 21.8 Å². The third-order valence-electron chi connectivity index (χ3n) is 4.08. The average molecular weight is 385 g/mol. The van der Waals surface area contributed by atoms with Crippen LogP contribution >= 0.6 is 22.7 Å². The first-order chi connectivity index (χ1) is 12.5. The van der Waals surface area contributed by atoms with Gasteiger partial charge >= 0.3 is 0 Å². The fourth-order valence-electron chi connectivity index (χ4n) is 2.70. The Hall–Kier alpha value is -2.71. The van der Waals surface area contributed by atoms with Crippen LogP contribution in [0.1, 0.15) is 14.5 Å². The number of ether oxygens (including phenoxy) is 1. The van der Waals surface area contributed by atoms with E-state index in [1.165, 1.54) is 22.7 Å². The molecule has 2 aromatic heterocycles. The molecule has 0 bridgehead atoms. The number of benzene rings is 1. The van der Waals surface area contributed by atoms with Crippen LogP contribution in [0.15, 0.2) is 35.7 Å². The molecule has 2 amide bonds. The molecule has 8 heteroatoms. The molecular weight excluding hydrogens is 370 g/mol. The predicted molar refractivity (Wildman–Crippen MR) is 103 cm³/mol. The standard InChI is InChI=1S/C18H15N3O3S2/c1-10-16(19-18(26-10)20-17(23)14-4-3-7-25-14)11-5-6-13-12(8-11)21(2)15(22)9-24-13/h3-8H,9H2,1-2H3,(H,19,20,23). The summed E-state index contributed by atoms with van der Waals surface area (Å²) in [5.41, 5.74) is 2.38. The predicted octanol–water partition coefficient (Wildman–Crippen LogP) is 3.79. The van der Waals surface area contributed by atoms with Gasteiger partial charge in [0, 0.05) is 17.5 Å². The minimum Gasteiger partial charge on any atom is -0.482 e. The van der Waals surface area contributed by atoms with E-state index in [9.17, 15) is 9.59 Å². The summed E-state index contributed by atoms with van der Waals surface area (Å²) in [7, 11) is 1.73. The Morgan fingerprint density at radius 1 is 1.35 bits per heavy atom. The zero-order valence-electron chi connectivity index (χ0n) is 14.1. The van der Waals surface area contributed by atoms with Crippen molar-refractivity contribution in [1.29, 1.82) is 0 Å². The van der Waals surface area contributed by atoms with Gasteiger partial charge in [0.2, 0.25) is 0 Å². The molecule has 1 N–H and O–H groups in total. The molecule has 26 heavy (non-hydrogen) atoms. The van der Waals surface area contributed by atoms with E-state index in [-0.39, 0.29) is 18.4 Å². The SMILES string of the molecule is Cc1sc(NC(=O)c2cccs2)nc1-c1ccc2c(c1)N(C)C(=O)CO2. The first kappa shape index (κ1) is 16.7. The number of nitrogens with one attached hydrogen (secondary N) is 1. The number of thiophene rings is 1. The monoisotopic (exact) mass is 385 g/mol. The van der Waals surface area contributed by atoms with E-state index in [2.05, 4.69) is 10.3 Å². The second-order valence-electron chi connectivity index (χ2n) is 5.78. The molecule has 1 aromatic carbocycles. The number of anilines is 2. The van der Waals surface area contributed by atoms with Crippen molar-refractivity contribution in [2.45, 2.75) is 6.92 Å². The number of hydrogen-bond donors (Lipinski definition) is 1. The quantitative estimate of drug-likeness (QED) is 0.745. The van der Waals surface area contributed by atoms with Gasteiger partial charge in [0.1, 0.15) is 5.75 Å². The number of likely N-dealkylation sites (N-methyl/N-ethyl adjacent to an activating group) is 1. The molecule has 1 aliphatic heterocycles. The fraction of sp³-hybridized carbons (Fsp3) is 0.167. The fourth-order valence-corrected chi connectivity index (χ4v) is 4.15. The summed E-state index contributed by atoms with van der Waals surface area (Å²) < 4.78 is 5.46. The Bertz CT molecular complexity index is 995. The molecule has 132 valence electrons. The number of rotatable bonds is 3. The molecule has 0 unspecified atom stereocenters. The summed E-state index contributed by atoms with van der Waals surface area (Å²) in [4.78, 5) is 31.8. The van der Waals surface area contributed by atoms with Gasteiger partial charge in [-0.05, 0) is 36.6 Å². The Morgan fingerprint density at radius 3 is 2.96 bits per heavy atom. The van der Waals surface area contributed by atoms with Crippen LogP contribution in [-0.4, -0.2) is 30.5 Å². The number of amides is 2. The van der Waals surface area contributed by atoms with E-state index in [4.69, 9.17) is 4.74 Å². The van der Waals surface area contributed by atoms with E-state index >= 15 is 0 Å². The lowest BCUT2D eigenvalue weighted by Crippen LogP contribution is -2.35. The lowest BCUT2D eigenvalue weighted by molar-refractivity contribution is -0.120. The molecule has 4 rings (SSSR count). The highest BCUT2D eigenvalue weighted by Gasteiger charge is 2.23. The maximum absolute atomic E-state index is 12.2. The van der Waals surface area contributed by atoms with E-state index < -0.39 is 0 Å². The molecule has 3 heterocycles. The Labute approximate surface area is 158 Å². The second kappa shape index (κ2) is 6.54. The summed E-state index contributed by atoms with van der Waals surface area (Å²) >= 11 is 2.81. The van der Waals surface area contributed by atoms with Crippen LogP contribution in [0.5, 0.6) is 5.75 Å². The van der Waals surface area contributed by atoms with Crippen molar-refractivity contribution in [3.8, 4) is 17.0 Å². The third kappa shape index (κ3) is 2.97. The van der Waals surface area contributed by atoms with Crippen LogP contribution in [0.4, 0.5) is 10.8 Å². The maximum atomic E-state index is 12.2. The smallest absolute Gasteiger partial charge is 0.267 e. The Kier molecular flexibility index (Phi) is 4.21.